The quantitative estimate of drug-likeness (QED) is 0.762. The summed E-state index contributed by atoms with van der Waals surface area (Å²) >= 11 is 5.89. The number of rotatable bonds is 2. The molecule has 0 aliphatic heterocycles. The minimum Gasteiger partial charge on any atom is -0.398 e. The van der Waals surface area contributed by atoms with Gasteiger partial charge in [-0.2, -0.15) is 0 Å². The molecule has 2 rings (SSSR count). The van der Waals surface area contributed by atoms with Crippen molar-refractivity contribution >= 4 is 17.3 Å². The summed E-state index contributed by atoms with van der Waals surface area (Å²) in [7, 11) is 0. The lowest BCUT2D eigenvalue weighted by Crippen LogP contribution is -1.91. The fourth-order valence-corrected chi connectivity index (χ4v) is 2.02. The Morgan fingerprint density at radius 2 is 1.65 bits per heavy atom. The zero-order chi connectivity index (χ0) is 12.4. The van der Waals surface area contributed by atoms with Crippen molar-refractivity contribution in [2.24, 2.45) is 0 Å². The molecule has 0 atom stereocenters. The summed E-state index contributed by atoms with van der Waals surface area (Å²) in [5, 5.41) is 0.671. The van der Waals surface area contributed by atoms with Gasteiger partial charge in [0, 0.05) is 16.3 Å². The first-order valence-corrected chi connectivity index (χ1v) is 6.11. The van der Waals surface area contributed by atoms with Crippen LogP contribution in [0.1, 0.15) is 25.3 Å². The minimum absolute atomic E-state index is 0.548. The predicted octanol–water partition coefficient (Wildman–Crippen LogP) is 4.71. The number of hydrogen-bond donors (Lipinski definition) is 1. The molecule has 88 valence electrons. The van der Waals surface area contributed by atoms with E-state index in [9.17, 15) is 0 Å². The first kappa shape index (κ1) is 12.0. The molecule has 0 saturated carbocycles. The zero-order valence-electron chi connectivity index (χ0n) is 10.1. The summed E-state index contributed by atoms with van der Waals surface area (Å²) in [4.78, 5) is 0. The van der Waals surface area contributed by atoms with Crippen LogP contribution in [0.15, 0.2) is 42.5 Å². The van der Waals surface area contributed by atoms with Crippen LogP contribution >= 0.6 is 11.6 Å². The van der Waals surface area contributed by atoms with Gasteiger partial charge in [0.1, 0.15) is 0 Å². The Kier molecular flexibility index (Phi) is 3.39. The summed E-state index contributed by atoms with van der Waals surface area (Å²) in [6, 6.07) is 14.1. The number of halogens is 1. The Bertz CT molecular complexity index is 515. The van der Waals surface area contributed by atoms with Gasteiger partial charge in [0.15, 0.2) is 0 Å². The average Bonchev–Trinajstić information content (AvgIpc) is 2.29. The van der Waals surface area contributed by atoms with Gasteiger partial charge in [-0.3, -0.25) is 0 Å². The third kappa shape index (κ3) is 2.62. The Morgan fingerprint density at radius 3 is 2.18 bits per heavy atom. The van der Waals surface area contributed by atoms with Crippen molar-refractivity contribution in [3.8, 4) is 11.1 Å². The van der Waals surface area contributed by atoms with Crippen molar-refractivity contribution < 1.29 is 0 Å². The molecule has 1 nitrogen and oxygen atoms in total. The normalized spacial score (nSPS) is 10.8. The van der Waals surface area contributed by atoms with E-state index in [-0.39, 0.29) is 0 Å². The molecule has 0 heterocycles. The van der Waals surface area contributed by atoms with Gasteiger partial charge >= 0.3 is 0 Å². The van der Waals surface area contributed by atoms with Crippen LogP contribution in [0.3, 0.4) is 0 Å². The van der Waals surface area contributed by atoms with E-state index in [1.54, 1.807) is 6.07 Å². The molecule has 2 heteroatoms. The Morgan fingerprint density at radius 1 is 1.00 bits per heavy atom. The number of anilines is 1. The summed E-state index contributed by atoms with van der Waals surface area (Å²) in [6.45, 7) is 4.37. The van der Waals surface area contributed by atoms with E-state index < -0.39 is 0 Å². The van der Waals surface area contributed by atoms with E-state index in [1.807, 2.05) is 12.1 Å². The van der Waals surface area contributed by atoms with Crippen molar-refractivity contribution in [1.29, 1.82) is 0 Å². The van der Waals surface area contributed by atoms with Gasteiger partial charge in [0.05, 0.1) is 0 Å². The number of hydrogen-bond acceptors (Lipinski definition) is 1. The first-order valence-electron chi connectivity index (χ1n) is 5.73. The lowest BCUT2D eigenvalue weighted by Gasteiger charge is -2.09. The van der Waals surface area contributed by atoms with Crippen LogP contribution in [-0.2, 0) is 0 Å². The highest BCUT2D eigenvalue weighted by molar-refractivity contribution is 6.31. The van der Waals surface area contributed by atoms with E-state index >= 15 is 0 Å². The molecule has 17 heavy (non-hydrogen) atoms. The topological polar surface area (TPSA) is 26.0 Å². The van der Waals surface area contributed by atoms with Gasteiger partial charge in [-0.1, -0.05) is 55.8 Å². The van der Waals surface area contributed by atoms with Crippen LogP contribution in [0.5, 0.6) is 0 Å². The number of nitrogen functional groups attached to an aromatic ring is 1. The third-order valence-corrected chi connectivity index (χ3v) is 3.14. The van der Waals surface area contributed by atoms with Crippen molar-refractivity contribution in [3.05, 3.63) is 53.1 Å². The van der Waals surface area contributed by atoms with Crippen LogP contribution in [0.4, 0.5) is 5.69 Å². The zero-order valence-corrected chi connectivity index (χ0v) is 10.8. The second-order valence-corrected chi connectivity index (χ2v) is 4.94. The van der Waals surface area contributed by atoms with Crippen LogP contribution < -0.4 is 5.73 Å². The molecule has 2 aromatic rings. The van der Waals surface area contributed by atoms with Gasteiger partial charge in [0.25, 0.3) is 0 Å². The van der Waals surface area contributed by atoms with E-state index in [4.69, 9.17) is 17.3 Å². The molecule has 0 amide bonds. The maximum Gasteiger partial charge on any atom is 0.0426 e. The first-order chi connectivity index (χ1) is 8.08. The lowest BCUT2D eigenvalue weighted by atomic mass is 9.98. The molecule has 0 radical (unpaired) electrons. The van der Waals surface area contributed by atoms with Crippen molar-refractivity contribution in [2.45, 2.75) is 19.8 Å². The summed E-state index contributed by atoms with van der Waals surface area (Å²) < 4.78 is 0. The van der Waals surface area contributed by atoms with E-state index in [2.05, 4.69) is 38.1 Å². The van der Waals surface area contributed by atoms with E-state index in [0.717, 1.165) is 16.8 Å². The molecule has 0 fully saturated rings. The number of nitrogens with two attached hydrogens (primary N) is 1. The molecule has 0 bridgehead atoms. The summed E-state index contributed by atoms with van der Waals surface area (Å²) in [5.41, 5.74) is 10.2. The van der Waals surface area contributed by atoms with Gasteiger partial charge in [-0.15, -0.1) is 0 Å². The minimum atomic E-state index is 0.548. The molecule has 0 saturated heterocycles. The molecular weight excluding hydrogens is 230 g/mol. The smallest absolute Gasteiger partial charge is 0.0426 e. The Balaban J connectivity index is 2.40. The summed E-state index contributed by atoms with van der Waals surface area (Å²) in [6.07, 6.45) is 0. The van der Waals surface area contributed by atoms with Crippen LogP contribution in [0.25, 0.3) is 11.1 Å². The highest BCUT2D eigenvalue weighted by Crippen LogP contribution is 2.29. The molecule has 2 N–H and O–H groups in total. The standard InChI is InChI=1S/C15H16ClN/c1-10(2)11-3-5-12(6-4-11)14-8-7-13(16)9-15(14)17/h3-10H,17H2,1-2H3. The van der Waals surface area contributed by atoms with Crippen LogP contribution in [0.2, 0.25) is 5.02 Å². The largest absolute Gasteiger partial charge is 0.398 e. The third-order valence-electron chi connectivity index (χ3n) is 2.90. The SMILES string of the molecule is CC(C)c1ccc(-c2ccc(Cl)cc2N)cc1. The Hall–Kier alpha value is -1.47. The van der Waals surface area contributed by atoms with Gasteiger partial charge < -0.3 is 5.73 Å². The van der Waals surface area contributed by atoms with Crippen molar-refractivity contribution in [2.75, 3.05) is 5.73 Å². The molecule has 2 aromatic carbocycles. The molecule has 0 spiro atoms. The average molecular weight is 246 g/mol. The highest BCUT2D eigenvalue weighted by Gasteiger charge is 2.04. The van der Waals surface area contributed by atoms with Crippen molar-refractivity contribution in [1.82, 2.24) is 0 Å². The Labute approximate surface area is 107 Å². The highest BCUT2D eigenvalue weighted by atomic mass is 35.5. The van der Waals surface area contributed by atoms with Crippen LogP contribution in [0, 0.1) is 0 Å². The van der Waals surface area contributed by atoms with Gasteiger partial charge in [0.2, 0.25) is 0 Å². The fourth-order valence-electron chi connectivity index (χ4n) is 1.84. The molecule has 0 aromatic heterocycles. The molecule has 0 aliphatic carbocycles. The second-order valence-electron chi connectivity index (χ2n) is 4.51. The van der Waals surface area contributed by atoms with E-state index in [1.165, 1.54) is 5.56 Å². The molecular formula is C15H16ClN. The maximum atomic E-state index is 5.97. The molecule has 0 aliphatic rings. The summed E-state index contributed by atoms with van der Waals surface area (Å²) in [5.74, 6) is 0.548. The van der Waals surface area contributed by atoms with Crippen molar-refractivity contribution in [3.63, 3.8) is 0 Å². The predicted molar refractivity (Wildman–Crippen MR) is 75.4 cm³/mol. The number of benzene rings is 2. The fraction of sp³-hybridized carbons (Fsp3) is 0.200. The van der Waals surface area contributed by atoms with Crippen LogP contribution in [-0.4, -0.2) is 0 Å². The molecule has 0 unspecified atom stereocenters. The van der Waals surface area contributed by atoms with E-state index in [0.29, 0.717) is 10.9 Å². The van der Waals surface area contributed by atoms with Gasteiger partial charge in [-0.05, 0) is 29.2 Å². The monoisotopic (exact) mass is 245 g/mol. The second kappa shape index (κ2) is 4.80. The van der Waals surface area contributed by atoms with Gasteiger partial charge in [-0.25, -0.2) is 0 Å². The lowest BCUT2D eigenvalue weighted by molar-refractivity contribution is 0.867. The maximum absolute atomic E-state index is 5.97.